The Balaban J connectivity index is 3.85. The Bertz CT molecular complexity index is 439. The van der Waals surface area contributed by atoms with Crippen LogP contribution in [0.5, 0.6) is 0 Å². The van der Waals surface area contributed by atoms with Gasteiger partial charge in [-0.3, -0.25) is 9.35 Å². The smallest absolute Gasteiger partial charge is 0.397 e. The van der Waals surface area contributed by atoms with Gasteiger partial charge in [0.15, 0.2) is 9.84 Å². The lowest BCUT2D eigenvalue weighted by molar-refractivity contribution is -0.135. The first-order chi connectivity index (χ1) is 7.62. The van der Waals surface area contributed by atoms with E-state index in [4.69, 9.17) is 9.66 Å². The van der Waals surface area contributed by atoms with Crippen molar-refractivity contribution >= 4 is 26.2 Å². The Morgan fingerprint density at radius 2 is 1.76 bits per heavy atom. The highest BCUT2D eigenvalue weighted by Gasteiger charge is 2.13. The van der Waals surface area contributed by atoms with Crippen LogP contribution in [0.1, 0.15) is 0 Å². The number of hydrogen-bond acceptors (Lipinski definition) is 7. The fraction of sp³-hybridized carbons (Fsp3) is 0.833. The van der Waals surface area contributed by atoms with Gasteiger partial charge in [0.05, 0.1) is 24.7 Å². The molecule has 0 rings (SSSR count). The minimum absolute atomic E-state index is 0.0689. The van der Waals surface area contributed by atoms with Crippen LogP contribution in [0.3, 0.4) is 0 Å². The molecule has 0 aliphatic rings. The van der Waals surface area contributed by atoms with Gasteiger partial charge in [-0.1, -0.05) is 0 Å². The van der Waals surface area contributed by atoms with E-state index < -0.39 is 38.6 Å². The zero-order chi connectivity index (χ0) is 13.5. The number of carbonyl (C=O) groups is 1. The molecule has 0 heterocycles. The summed E-state index contributed by atoms with van der Waals surface area (Å²) in [6, 6.07) is 0. The minimum atomic E-state index is -4.64. The van der Waals surface area contributed by atoms with E-state index in [2.05, 4.69) is 9.50 Å². The number of carboxylic acids is 1. The average molecular weight is 291 g/mol. The molecule has 3 N–H and O–H groups in total. The number of hydrogen-bond donors (Lipinski definition) is 3. The first-order valence-electron chi connectivity index (χ1n) is 4.37. The third kappa shape index (κ3) is 11.5. The van der Waals surface area contributed by atoms with Crippen molar-refractivity contribution in [3.63, 3.8) is 0 Å². The summed E-state index contributed by atoms with van der Waals surface area (Å²) in [7, 11) is -8.20. The largest absolute Gasteiger partial charge is 0.480 e. The van der Waals surface area contributed by atoms with Gasteiger partial charge in [-0.25, -0.2) is 12.6 Å². The van der Waals surface area contributed by atoms with Gasteiger partial charge in [-0.2, -0.15) is 8.42 Å². The first kappa shape index (κ1) is 16.2. The second-order valence-electron chi connectivity index (χ2n) is 2.97. The molecule has 0 atom stereocenters. The van der Waals surface area contributed by atoms with E-state index in [0.717, 1.165) is 0 Å². The lowest BCUT2D eigenvalue weighted by atomic mass is 10.6. The molecule has 0 aromatic carbocycles. The molecular formula is C6H13NO8S2. The molecule has 102 valence electrons. The van der Waals surface area contributed by atoms with Crippen molar-refractivity contribution in [2.75, 3.05) is 31.2 Å². The summed E-state index contributed by atoms with van der Waals surface area (Å²) >= 11 is 0. The Kier molecular flexibility index (Phi) is 6.56. The van der Waals surface area contributed by atoms with Crippen LogP contribution < -0.4 is 5.32 Å². The molecular weight excluding hydrogens is 278 g/mol. The molecule has 0 aliphatic heterocycles. The van der Waals surface area contributed by atoms with Crippen LogP contribution in [0.2, 0.25) is 0 Å². The zero-order valence-corrected chi connectivity index (χ0v) is 10.3. The van der Waals surface area contributed by atoms with Gasteiger partial charge in [-0.05, 0) is 0 Å². The maximum Gasteiger partial charge on any atom is 0.397 e. The third-order valence-electron chi connectivity index (χ3n) is 1.49. The molecule has 11 heteroatoms. The van der Waals surface area contributed by atoms with Gasteiger partial charge in [0, 0.05) is 6.54 Å². The molecule has 0 aromatic rings. The summed E-state index contributed by atoms with van der Waals surface area (Å²) in [5.41, 5.74) is 0. The van der Waals surface area contributed by atoms with E-state index >= 15 is 0 Å². The fourth-order valence-electron chi connectivity index (χ4n) is 0.791. The average Bonchev–Trinajstić information content (AvgIpc) is 2.09. The van der Waals surface area contributed by atoms with Crippen LogP contribution in [0.25, 0.3) is 0 Å². The standard InChI is InChI=1S/C6H13NO8S2/c8-6(9)5-7-1-3-16(10,11)4-2-15-17(12,13)14/h7H,1-5H2,(H,8,9)(H,12,13,14). The highest BCUT2D eigenvalue weighted by Crippen LogP contribution is 1.93. The second kappa shape index (κ2) is 6.86. The summed E-state index contributed by atoms with van der Waals surface area (Å²) in [6.45, 7) is -1.11. The second-order valence-corrected chi connectivity index (χ2v) is 6.37. The summed E-state index contributed by atoms with van der Waals surface area (Å²) in [5.74, 6) is -2.05. The van der Waals surface area contributed by atoms with E-state index in [1.54, 1.807) is 0 Å². The SMILES string of the molecule is O=C(O)CNCCS(=O)(=O)CCOS(=O)(=O)O. The number of aliphatic carboxylic acids is 1. The van der Waals surface area contributed by atoms with Gasteiger partial charge in [0.25, 0.3) is 0 Å². The molecule has 0 saturated heterocycles. The van der Waals surface area contributed by atoms with Crippen LogP contribution >= 0.6 is 0 Å². The molecule has 0 saturated carbocycles. The Morgan fingerprint density at radius 3 is 2.24 bits per heavy atom. The van der Waals surface area contributed by atoms with Gasteiger partial charge in [0.2, 0.25) is 0 Å². The molecule has 0 fully saturated rings. The maximum absolute atomic E-state index is 11.2. The Hall–Kier alpha value is -0.750. The summed E-state index contributed by atoms with van der Waals surface area (Å²) in [6.07, 6.45) is 0. The number of sulfone groups is 1. The van der Waals surface area contributed by atoms with E-state index in [-0.39, 0.29) is 18.8 Å². The van der Waals surface area contributed by atoms with E-state index in [1.165, 1.54) is 0 Å². The van der Waals surface area contributed by atoms with Crippen molar-refractivity contribution < 1.29 is 35.5 Å². The van der Waals surface area contributed by atoms with Crippen LogP contribution in [0.15, 0.2) is 0 Å². The van der Waals surface area contributed by atoms with Crippen molar-refractivity contribution in [1.29, 1.82) is 0 Å². The van der Waals surface area contributed by atoms with Crippen LogP contribution in [-0.4, -0.2) is 63.7 Å². The molecule has 0 unspecified atom stereocenters. The molecule has 0 bridgehead atoms. The normalized spacial score (nSPS) is 12.5. The van der Waals surface area contributed by atoms with E-state index in [9.17, 15) is 21.6 Å². The number of carboxylic acid groups (broad SMARTS) is 1. The van der Waals surface area contributed by atoms with Crippen LogP contribution in [-0.2, 0) is 29.2 Å². The fourth-order valence-corrected chi connectivity index (χ4v) is 2.19. The molecule has 0 aromatic heterocycles. The lowest BCUT2D eigenvalue weighted by Crippen LogP contribution is -2.29. The molecule has 0 radical (unpaired) electrons. The summed E-state index contributed by atoms with van der Waals surface area (Å²) in [5, 5.41) is 10.6. The van der Waals surface area contributed by atoms with Gasteiger partial charge in [-0.15, -0.1) is 0 Å². The molecule has 9 nitrogen and oxygen atoms in total. The summed E-state index contributed by atoms with van der Waals surface area (Å²) < 4.78 is 54.7. The summed E-state index contributed by atoms with van der Waals surface area (Å²) in [4.78, 5) is 10.1. The van der Waals surface area contributed by atoms with Crippen LogP contribution in [0, 0.1) is 0 Å². The van der Waals surface area contributed by atoms with Gasteiger partial charge >= 0.3 is 16.4 Å². The third-order valence-corrected chi connectivity index (χ3v) is 3.57. The van der Waals surface area contributed by atoms with E-state index in [0.29, 0.717) is 0 Å². The monoisotopic (exact) mass is 291 g/mol. The van der Waals surface area contributed by atoms with Gasteiger partial charge < -0.3 is 10.4 Å². The highest BCUT2D eigenvalue weighted by molar-refractivity contribution is 7.91. The Labute approximate surface area is 98.6 Å². The van der Waals surface area contributed by atoms with Gasteiger partial charge in [0.1, 0.15) is 0 Å². The predicted molar refractivity (Wildman–Crippen MR) is 56.7 cm³/mol. The van der Waals surface area contributed by atoms with Crippen molar-refractivity contribution in [3.8, 4) is 0 Å². The first-order valence-corrected chi connectivity index (χ1v) is 7.56. The molecule has 0 amide bonds. The predicted octanol–water partition coefficient (Wildman–Crippen LogP) is -2.11. The van der Waals surface area contributed by atoms with Crippen molar-refractivity contribution in [2.24, 2.45) is 0 Å². The number of rotatable bonds is 9. The van der Waals surface area contributed by atoms with Crippen LogP contribution in [0.4, 0.5) is 0 Å². The van der Waals surface area contributed by atoms with Crippen molar-refractivity contribution in [3.05, 3.63) is 0 Å². The molecule has 17 heavy (non-hydrogen) atoms. The zero-order valence-electron chi connectivity index (χ0n) is 8.70. The topological polar surface area (TPSA) is 147 Å². The molecule has 0 aliphatic carbocycles. The maximum atomic E-state index is 11.2. The van der Waals surface area contributed by atoms with Crippen molar-refractivity contribution in [1.82, 2.24) is 5.32 Å². The highest BCUT2D eigenvalue weighted by atomic mass is 32.3. The number of nitrogens with one attached hydrogen (secondary N) is 1. The van der Waals surface area contributed by atoms with Crippen molar-refractivity contribution in [2.45, 2.75) is 0 Å². The lowest BCUT2D eigenvalue weighted by Gasteiger charge is -2.04. The minimum Gasteiger partial charge on any atom is -0.480 e. The van der Waals surface area contributed by atoms with E-state index in [1.807, 2.05) is 0 Å². The quantitative estimate of drug-likeness (QED) is 0.321. The molecule has 0 spiro atoms. The Morgan fingerprint density at radius 1 is 1.18 bits per heavy atom.